The number of H-pyrrole nitrogens is 1. The van der Waals surface area contributed by atoms with Crippen LogP contribution in [0.3, 0.4) is 0 Å². The van der Waals surface area contributed by atoms with Crippen molar-refractivity contribution in [1.82, 2.24) is 10.3 Å². The average molecular weight is 495 g/mol. The maximum Gasteiger partial charge on any atom is 0.416 e. The Hall–Kier alpha value is -3.38. The molecule has 1 fully saturated rings. The number of benzene rings is 2. The summed E-state index contributed by atoms with van der Waals surface area (Å²) in [6.45, 7) is 0.856. The molecule has 12 heteroatoms. The van der Waals surface area contributed by atoms with E-state index in [4.69, 9.17) is 4.74 Å². The highest BCUT2D eigenvalue weighted by Gasteiger charge is 2.31. The Morgan fingerprint density at radius 2 is 1.97 bits per heavy atom. The summed E-state index contributed by atoms with van der Waals surface area (Å²) in [5.74, 6) is -0.631. The summed E-state index contributed by atoms with van der Waals surface area (Å²) in [6.07, 6.45) is -1.83. The van der Waals surface area contributed by atoms with Crippen molar-refractivity contribution >= 4 is 32.5 Å². The molecule has 0 aliphatic carbocycles. The number of halogens is 3. The molecule has 3 N–H and O–H groups in total. The van der Waals surface area contributed by atoms with Crippen molar-refractivity contribution in [3.63, 3.8) is 0 Å². The monoisotopic (exact) mass is 495 g/mol. The van der Waals surface area contributed by atoms with Gasteiger partial charge in [0.25, 0.3) is 15.9 Å². The number of ether oxygens (including phenoxy) is 1. The molecule has 2 heterocycles. The van der Waals surface area contributed by atoms with Gasteiger partial charge in [0.1, 0.15) is 5.56 Å². The highest BCUT2D eigenvalue weighted by molar-refractivity contribution is 7.92. The lowest BCUT2D eigenvalue weighted by atomic mass is 10.1. The van der Waals surface area contributed by atoms with Crippen LogP contribution < -0.4 is 15.5 Å². The number of nitrogens with one attached hydrogen (secondary N) is 3. The van der Waals surface area contributed by atoms with E-state index >= 15 is 0 Å². The topological polar surface area (TPSA) is 117 Å². The molecule has 180 valence electrons. The first-order valence-electron chi connectivity index (χ1n) is 10.3. The Morgan fingerprint density at radius 1 is 1.18 bits per heavy atom. The van der Waals surface area contributed by atoms with E-state index in [2.05, 4.69) is 15.0 Å². The second-order valence-corrected chi connectivity index (χ2v) is 9.45. The Kier molecular flexibility index (Phi) is 6.36. The third kappa shape index (κ3) is 5.07. The van der Waals surface area contributed by atoms with Crippen LogP contribution in [0, 0.1) is 0 Å². The lowest BCUT2D eigenvalue weighted by Crippen LogP contribution is -2.34. The van der Waals surface area contributed by atoms with Crippen LogP contribution in [0.4, 0.5) is 18.9 Å². The molecule has 1 aromatic heterocycles. The molecule has 2 aromatic carbocycles. The van der Waals surface area contributed by atoms with Crippen LogP contribution in [0.25, 0.3) is 10.9 Å². The Balaban J connectivity index is 1.61. The molecule has 0 spiro atoms. The van der Waals surface area contributed by atoms with E-state index in [1.165, 1.54) is 24.4 Å². The molecular weight excluding hydrogens is 475 g/mol. The maximum absolute atomic E-state index is 12.9. The van der Waals surface area contributed by atoms with Crippen LogP contribution in [0.5, 0.6) is 0 Å². The predicted molar refractivity (Wildman–Crippen MR) is 118 cm³/mol. The lowest BCUT2D eigenvalue weighted by Gasteiger charge is -2.12. The number of amides is 1. The number of alkyl halides is 3. The zero-order chi connectivity index (χ0) is 24.5. The summed E-state index contributed by atoms with van der Waals surface area (Å²) >= 11 is 0. The van der Waals surface area contributed by atoms with E-state index in [9.17, 15) is 31.2 Å². The molecule has 3 aromatic rings. The second kappa shape index (κ2) is 9.11. The van der Waals surface area contributed by atoms with Crippen molar-refractivity contribution in [2.24, 2.45) is 0 Å². The number of fused-ring (bicyclic) bond motifs is 1. The summed E-state index contributed by atoms with van der Waals surface area (Å²) in [5, 5.41) is 2.58. The Morgan fingerprint density at radius 3 is 2.68 bits per heavy atom. The van der Waals surface area contributed by atoms with E-state index in [1.54, 1.807) is 0 Å². The minimum absolute atomic E-state index is 0.0586. The van der Waals surface area contributed by atoms with Gasteiger partial charge in [-0.2, -0.15) is 13.2 Å². The predicted octanol–water partition coefficient (Wildman–Crippen LogP) is 3.26. The first-order valence-corrected chi connectivity index (χ1v) is 11.8. The molecule has 1 atom stereocenters. The molecule has 1 saturated heterocycles. The van der Waals surface area contributed by atoms with Crippen molar-refractivity contribution in [3.8, 4) is 0 Å². The molecule has 0 radical (unpaired) electrons. The van der Waals surface area contributed by atoms with Crippen molar-refractivity contribution in [3.05, 3.63) is 70.0 Å². The van der Waals surface area contributed by atoms with Crippen LogP contribution in [0.1, 0.15) is 28.8 Å². The Bertz CT molecular complexity index is 1400. The number of carbonyl (C=O) groups is 1. The van der Waals surface area contributed by atoms with Crippen LogP contribution in [-0.4, -0.2) is 38.6 Å². The highest BCUT2D eigenvalue weighted by Crippen LogP contribution is 2.31. The normalized spacial score (nSPS) is 16.5. The van der Waals surface area contributed by atoms with Crippen molar-refractivity contribution < 1.29 is 31.1 Å². The van der Waals surface area contributed by atoms with Gasteiger partial charge < -0.3 is 15.0 Å². The van der Waals surface area contributed by atoms with Crippen LogP contribution in [0.15, 0.2) is 58.4 Å². The number of aromatic amines is 1. The number of carbonyl (C=O) groups excluding carboxylic acids is 1. The molecule has 1 aliphatic heterocycles. The molecule has 1 amide bonds. The summed E-state index contributed by atoms with van der Waals surface area (Å²) in [7, 11) is -4.33. The van der Waals surface area contributed by atoms with Gasteiger partial charge in [0.05, 0.1) is 16.6 Å². The van der Waals surface area contributed by atoms with E-state index in [1.807, 2.05) is 0 Å². The summed E-state index contributed by atoms with van der Waals surface area (Å²) < 4.78 is 71.9. The molecular formula is C22H20F3N3O5S. The first-order chi connectivity index (χ1) is 16.0. The minimum atomic E-state index is -4.64. The van der Waals surface area contributed by atoms with E-state index in [-0.39, 0.29) is 34.2 Å². The van der Waals surface area contributed by atoms with Gasteiger partial charge in [-0.3, -0.25) is 14.3 Å². The SMILES string of the molecule is O=C(NC[C@H]1CCCO1)c1c[nH]c2ccc(S(=O)(=O)Nc3cccc(C(F)(F)F)c3)cc2c1=O. The van der Waals surface area contributed by atoms with Gasteiger partial charge in [-0.1, -0.05) is 6.07 Å². The number of anilines is 1. The fourth-order valence-corrected chi connectivity index (χ4v) is 4.69. The first kappa shape index (κ1) is 23.8. The molecule has 0 unspecified atom stereocenters. The zero-order valence-electron chi connectivity index (χ0n) is 17.6. The van der Waals surface area contributed by atoms with Crippen LogP contribution >= 0.6 is 0 Å². The fourth-order valence-electron chi connectivity index (χ4n) is 3.61. The molecule has 4 rings (SSSR count). The second-order valence-electron chi connectivity index (χ2n) is 7.77. The number of pyridine rings is 1. The van der Waals surface area contributed by atoms with Gasteiger partial charge in [-0.05, 0) is 49.2 Å². The fraction of sp³-hybridized carbons (Fsp3) is 0.273. The number of hydrogen-bond donors (Lipinski definition) is 3. The summed E-state index contributed by atoms with van der Waals surface area (Å²) in [6, 6.07) is 7.35. The van der Waals surface area contributed by atoms with Crippen LogP contribution in [-0.2, 0) is 20.9 Å². The maximum atomic E-state index is 12.9. The van der Waals surface area contributed by atoms with Crippen molar-refractivity contribution in [2.75, 3.05) is 17.9 Å². The van der Waals surface area contributed by atoms with Gasteiger partial charge in [0.15, 0.2) is 0 Å². The highest BCUT2D eigenvalue weighted by atomic mass is 32.2. The van der Waals surface area contributed by atoms with Gasteiger partial charge >= 0.3 is 6.18 Å². The number of rotatable bonds is 6. The van der Waals surface area contributed by atoms with Gasteiger partial charge in [-0.25, -0.2) is 8.42 Å². The quantitative estimate of drug-likeness (QED) is 0.485. The zero-order valence-corrected chi connectivity index (χ0v) is 18.4. The molecule has 34 heavy (non-hydrogen) atoms. The third-order valence-electron chi connectivity index (χ3n) is 5.36. The molecule has 0 saturated carbocycles. The molecule has 8 nitrogen and oxygen atoms in total. The van der Waals surface area contributed by atoms with Crippen molar-refractivity contribution in [2.45, 2.75) is 30.0 Å². The van der Waals surface area contributed by atoms with Gasteiger partial charge in [-0.15, -0.1) is 0 Å². The summed E-state index contributed by atoms with van der Waals surface area (Å²) in [5.41, 5.74) is -1.90. The number of sulfonamides is 1. The smallest absolute Gasteiger partial charge is 0.376 e. The van der Waals surface area contributed by atoms with Gasteiger partial charge in [0.2, 0.25) is 5.43 Å². The Labute approximate surface area is 192 Å². The molecule has 0 bridgehead atoms. The van der Waals surface area contributed by atoms with E-state index in [0.29, 0.717) is 18.2 Å². The number of hydrogen-bond acceptors (Lipinski definition) is 5. The lowest BCUT2D eigenvalue weighted by molar-refractivity contribution is -0.137. The van der Waals surface area contributed by atoms with E-state index < -0.39 is 33.1 Å². The van der Waals surface area contributed by atoms with Crippen molar-refractivity contribution in [1.29, 1.82) is 0 Å². The minimum Gasteiger partial charge on any atom is -0.376 e. The summed E-state index contributed by atoms with van der Waals surface area (Å²) in [4.78, 5) is 27.8. The number of aromatic nitrogens is 1. The molecule has 1 aliphatic rings. The van der Waals surface area contributed by atoms with Crippen LogP contribution in [0.2, 0.25) is 0 Å². The largest absolute Gasteiger partial charge is 0.416 e. The third-order valence-corrected chi connectivity index (χ3v) is 6.74. The standard InChI is InChI=1S/C22H20F3N3O5S/c23-22(24,25)13-3-1-4-14(9-13)28-34(31,32)16-6-7-19-17(10-16)20(29)18(12-26-19)21(30)27-11-15-5-2-8-33-15/h1,3-4,6-7,9-10,12,15,28H,2,5,8,11H2,(H,26,29)(H,27,30)/t15-/m1/s1. The van der Waals surface area contributed by atoms with Gasteiger partial charge in [0, 0.05) is 35.9 Å². The average Bonchev–Trinajstić information content (AvgIpc) is 3.31. The van der Waals surface area contributed by atoms with E-state index in [0.717, 1.165) is 31.0 Å².